The Morgan fingerprint density at radius 1 is 1.10 bits per heavy atom. The van der Waals surface area contributed by atoms with Crippen LogP contribution in [0.15, 0.2) is 4.99 Å². The number of amides is 1. The van der Waals surface area contributed by atoms with Crippen LogP contribution in [0.25, 0.3) is 0 Å². The van der Waals surface area contributed by atoms with Crippen LogP contribution in [0.4, 0.5) is 0 Å². The van der Waals surface area contributed by atoms with Gasteiger partial charge in [0, 0.05) is 44.7 Å². The summed E-state index contributed by atoms with van der Waals surface area (Å²) in [4.78, 5) is 19.6. The second-order valence-electron chi connectivity index (χ2n) is 8.98. The summed E-state index contributed by atoms with van der Waals surface area (Å²) in [6.45, 7) is 8.30. The van der Waals surface area contributed by atoms with Gasteiger partial charge in [0.15, 0.2) is 5.96 Å². The number of guanidine groups is 1. The Labute approximate surface area is 177 Å². The van der Waals surface area contributed by atoms with Crippen LogP contribution in [0, 0.1) is 11.8 Å². The van der Waals surface area contributed by atoms with E-state index < -0.39 is 0 Å². The maximum atomic E-state index is 12.7. The first-order valence-electron chi connectivity index (χ1n) is 12.2. The highest BCUT2D eigenvalue weighted by Crippen LogP contribution is 2.31. The number of nitrogens with one attached hydrogen (secondary N) is 2. The molecule has 2 aliphatic carbocycles. The van der Waals surface area contributed by atoms with Crippen molar-refractivity contribution in [1.82, 2.24) is 15.5 Å². The maximum Gasteiger partial charge on any atom is 0.225 e. The summed E-state index contributed by atoms with van der Waals surface area (Å²) in [6.07, 6.45) is 12.2. The van der Waals surface area contributed by atoms with E-state index in [9.17, 15) is 4.79 Å². The van der Waals surface area contributed by atoms with Gasteiger partial charge in [-0.3, -0.25) is 9.79 Å². The number of carbonyl (C=O) groups is 1. The third kappa shape index (κ3) is 6.59. The molecule has 6 heteroatoms. The van der Waals surface area contributed by atoms with Gasteiger partial charge in [-0.1, -0.05) is 25.7 Å². The third-order valence-electron chi connectivity index (χ3n) is 6.88. The van der Waals surface area contributed by atoms with Crippen LogP contribution in [-0.4, -0.2) is 61.7 Å². The maximum absolute atomic E-state index is 12.7. The van der Waals surface area contributed by atoms with E-state index in [1.54, 1.807) is 0 Å². The van der Waals surface area contributed by atoms with Gasteiger partial charge < -0.3 is 20.3 Å². The van der Waals surface area contributed by atoms with E-state index in [-0.39, 0.29) is 5.92 Å². The molecule has 1 saturated heterocycles. The summed E-state index contributed by atoms with van der Waals surface area (Å²) < 4.78 is 6.04. The number of likely N-dealkylation sites (tertiary alicyclic amines) is 1. The number of hydrogen-bond donors (Lipinski definition) is 2. The number of rotatable bonds is 9. The van der Waals surface area contributed by atoms with E-state index in [1.165, 1.54) is 38.5 Å². The Morgan fingerprint density at radius 2 is 1.83 bits per heavy atom. The average molecular weight is 407 g/mol. The van der Waals surface area contributed by atoms with Gasteiger partial charge in [0.2, 0.25) is 5.91 Å². The number of carbonyl (C=O) groups excluding carboxylic acids is 1. The van der Waals surface area contributed by atoms with Gasteiger partial charge in [-0.25, -0.2) is 0 Å². The van der Waals surface area contributed by atoms with E-state index in [0.717, 1.165) is 64.4 Å². The molecule has 2 N–H and O–H groups in total. The quantitative estimate of drug-likeness (QED) is 0.455. The molecule has 0 bridgehead atoms. The average Bonchev–Trinajstić information content (AvgIpc) is 3.49. The summed E-state index contributed by atoms with van der Waals surface area (Å²) in [6, 6.07) is 0.302. The lowest BCUT2D eigenvalue weighted by Crippen LogP contribution is -2.45. The molecule has 3 rings (SSSR count). The van der Waals surface area contributed by atoms with Gasteiger partial charge in [-0.15, -0.1) is 0 Å². The zero-order valence-corrected chi connectivity index (χ0v) is 18.6. The highest BCUT2D eigenvalue weighted by molar-refractivity contribution is 5.81. The van der Waals surface area contributed by atoms with Crippen LogP contribution in [0.5, 0.6) is 0 Å². The molecular weight excluding hydrogens is 364 g/mol. The number of aliphatic imine (C=N–C) groups is 1. The van der Waals surface area contributed by atoms with Gasteiger partial charge in [-0.2, -0.15) is 0 Å². The Hall–Kier alpha value is -1.30. The fraction of sp³-hybridized carbons (Fsp3) is 0.913. The first kappa shape index (κ1) is 22.4. The van der Waals surface area contributed by atoms with Crippen molar-refractivity contribution in [2.75, 3.05) is 32.8 Å². The van der Waals surface area contributed by atoms with E-state index in [4.69, 9.17) is 9.73 Å². The molecule has 1 amide bonds. The Bertz CT molecular complexity index is 527. The molecule has 0 spiro atoms. The number of ether oxygens (including phenoxy) is 1. The van der Waals surface area contributed by atoms with Gasteiger partial charge in [-0.05, 0) is 58.3 Å². The Balaban J connectivity index is 1.46. The normalized spacial score (nSPS) is 25.0. The van der Waals surface area contributed by atoms with Crippen LogP contribution in [0.1, 0.15) is 78.1 Å². The minimum atomic E-state index is 0.279. The second-order valence-corrected chi connectivity index (χ2v) is 8.98. The minimum absolute atomic E-state index is 0.279. The van der Waals surface area contributed by atoms with Crippen molar-refractivity contribution in [1.29, 1.82) is 0 Å². The number of hydrogen-bond acceptors (Lipinski definition) is 3. The molecule has 3 fully saturated rings. The van der Waals surface area contributed by atoms with Gasteiger partial charge in [0.25, 0.3) is 0 Å². The molecule has 0 aromatic heterocycles. The molecule has 2 saturated carbocycles. The fourth-order valence-corrected chi connectivity index (χ4v) is 5.32. The molecule has 29 heavy (non-hydrogen) atoms. The van der Waals surface area contributed by atoms with Crippen LogP contribution < -0.4 is 10.6 Å². The molecular formula is C23H42N4O2. The Morgan fingerprint density at radius 3 is 2.52 bits per heavy atom. The van der Waals surface area contributed by atoms with Crippen molar-refractivity contribution in [2.24, 2.45) is 16.8 Å². The van der Waals surface area contributed by atoms with Crippen molar-refractivity contribution >= 4 is 11.9 Å². The summed E-state index contributed by atoms with van der Waals surface area (Å²) in [5.74, 6) is 2.26. The molecule has 6 nitrogen and oxygen atoms in total. The Kier molecular flexibility index (Phi) is 9.09. The van der Waals surface area contributed by atoms with E-state index in [1.807, 2.05) is 0 Å². The monoisotopic (exact) mass is 406 g/mol. The van der Waals surface area contributed by atoms with Crippen molar-refractivity contribution in [2.45, 2.75) is 90.2 Å². The van der Waals surface area contributed by atoms with Crippen LogP contribution in [0.3, 0.4) is 0 Å². The third-order valence-corrected chi connectivity index (χ3v) is 6.88. The van der Waals surface area contributed by atoms with Gasteiger partial charge >= 0.3 is 0 Å². The molecule has 1 aliphatic heterocycles. The minimum Gasteiger partial charge on any atom is -0.378 e. The van der Waals surface area contributed by atoms with E-state index >= 15 is 0 Å². The second kappa shape index (κ2) is 11.8. The van der Waals surface area contributed by atoms with Crippen molar-refractivity contribution in [3.8, 4) is 0 Å². The zero-order chi connectivity index (χ0) is 20.5. The van der Waals surface area contributed by atoms with Crippen LogP contribution >= 0.6 is 0 Å². The highest BCUT2D eigenvalue weighted by Gasteiger charge is 2.32. The topological polar surface area (TPSA) is 66.0 Å². The molecule has 0 aromatic rings. The van der Waals surface area contributed by atoms with Crippen LogP contribution in [0.2, 0.25) is 0 Å². The van der Waals surface area contributed by atoms with Crippen molar-refractivity contribution in [3.05, 3.63) is 0 Å². The zero-order valence-electron chi connectivity index (χ0n) is 18.6. The molecule has 0 radical (unpaired) electrons. The van der Waals surface area contributed by atoms with Gasteiger partial charge in [0.1, 0.15) is 0 Å². The van der Waals surface area contributed by atoms with Crippen molar-refractivity contribution in [3.63, 3.8) is 0 Å². The first-order valence-corrected chi connectivity index (χ1v) is 12.2. The molecule has 2 atom stereocenters. The fourth-order valence-electron chi connectivity index (χ4n) is 5.32. The highest BCUT2D eigenvalue weighted by atomic mass is 16.5. The van der Waals surface area contributed by atoms with Gasteiger partial charge in [0.05, 0.1) is 6.10 Å². The molecule has 1 heterocycles. The van der Waals surface area contributed by atoms with Crippen LogP contribution in [-0.2, 0) is 9.53 Å². The van der Waals surface area contributed by atoms with E-state index in [2.05, 4.69) is 29.4 Å². The SMILES string of the molecule is CCNC(=NCCC(OCC)C1CCCC1)NC1CCN(C(=O)C2CCCC2)C1. The lowest BCUT2D eigenvalue weighted by molar-refractivity contribution is -0.134. The predicted octanol–water partition coefficient (Wildman–Crippen LogP) is 3.32. The smallest absolute Gasteiger partial charge is 0.225 e. The van der Waals surface area contributed by atoms with Crippen molar-refractivity contribution < 1.29 is 9.53 Å². The summed E-state index contributed by atoms with van der Waals surface area (Å²) >= 11 is 0. The standard InChI is InChI=1S/C23H42N4O2/c1-3-24-23(25-15-13-21(29-4-2)18-9-5-6-10-18)26-20-14-16-27(17-20)22(28)19-11-7-8-12-19/h18-21H,3-17H2,1-2H3,(H2,24,25,26). The molecule has 2 unspecified atom stereocenters. The predicted molar refractivity (Wildman–Crippen MR) is 118 cm³/mol. The first-order chi connectivity index (χ1) is 14.2. The lowest BCUT2D eigenvalue weighted by atomic mass is 9.98. The largest absolute Gasteiger partial charge is 0.378 e. The lowest BCUT2D eigenvalue weighted by Gasteiger charge is -2.23. The molecule has 166 valence electrons. The van der Waals surface area contributed by atoms with E-state index in [0.29, 0.717) is 24.0 Å². The summed E-state index contributed by atoms with van der Waals surface area (Å²) in [7, 11) is 0. The summed E-state index contributed by atoms with van der Waals surface area (Å²) in [5, 5.41) is 6.95. The summed E-state index contributed by atoms with van der Waals surface area (Å²) in [5.41, 5.74) is 0. The number of nitrogens with zero attached hydrogens (tertiary/aromatic N) is 2. The molecule has 0 aromatic carbocycles. The molecule has 3 aliphatic rings.